The molecule has 0 bridgehead atoms. The standard InChI is InChI=1S/C21H10F5NO5/c22-14-13(15(23)17(25)18(26)16(14)24)8-32-21(30)9-3-4-11-12(6-9)20(29)27(19(11)28)7-10-2-1-5-31-10/h1-6H,7-8H2. The molecule has 0 saturated carbocycles. The molecule has 2 heterocycles. The fraction of sp³-hybridized carbons (Fsp3) is 0.0952. The summed E-state index contributed by atoms with van der Waals surface area (Å²) in [5.41, 5.74) is -1.70. The predicted octanol–water partition coefficient (Wildman–Crippen LogP) is 4.13. The van der Waals surface area contributed by atoms with Crippen LogP contribution in [0.2, 0.25) is 0 Å². The Labute approximate surface area is 175 Å². The maximum atomic E-state index is 13.7. The van der Waals surface area contributed by atoms with Crippen LogP contribution in [0.3, 0.4) is 0 Å². The summed E-state index contributed by atoms with van der Waals surface area (Å²) in [7, 11) is 0. The van der Waals surface area contributed by atoms with Crippen LogP contribution in [0.1, 0.15) is 42.4 Å². The second kappa shape index (κ2) is 7.91. The highest BCUT2D eigenvalue weighted by atomic mass is 19.2. The summed E-state index contributed by atoms with van der Waals surface area (Å²) >= 11 is 0. The number of rotatable bonds is 5. The number of amides is 2. The van der Waals surface area contributed by atoms with Crippen molar-refractivity contribution >= 4 is 17.8 Å². The van der Waals surface area contributed by atoms with E-state index in [4.69, 9.17) is 4.42 Å². The first kappa shape index (κ1) is 21.2. The van der Waals surface area contributed by atoms with Crippen LogP contribution in [0.5, 0.6) is 0 Å². The molecule has 1 aromatic heterocycles. The minimum atomic E-state index is -2.34. The first-order valence-corrected chi connectivity index (χ1v) is 8.90. The van der Waals surface area contributed by atoms with E-state index >= 15 is 0 Å². The summed E-state index contributed by atoms with van der Waals surface area (Å²) in [4.78, 5) is 38.2. The molecule has 2 aromatic carbocycles. The molecule has 0 saturated heterocycles. The lowest BCUT2D eigenvalue weighted by molar-refractivity contribution is 0.0461. The zero-order valence-corrected chi connectivity index (χ0v) is 15.8. The molecular weight excluding hydrogens is 441 g/mol. The Bertz CT molecular complexity index is 1240. The summed E-state index contributed by atoms with van der Waals surface area (Å²) in [5.74, 6) is -13.1. The number of hydrogen-bond donors (Lipinski definition) is 0. The first-order chi connectivity index (χ1) is 15.2. The van der Waals surface area contributed by atoms with Gasteiger partial charge in [0.15, 0.2) is 23.3 Å². The molecule has 0 spiro atoms. The summed E-state index contributed by atoms with van der Waals surface area (Å²) in [6, 6.07) is 6.49. The molecule has 0 N–H and O–H groups in total. The number of ether oxygens (including phenoxy) is 1. The second-order valence-electron chi connectivity index (χ2n) is 6.66. The van der Waals surface area contributed by atoms with Gasteiger partial charge in [-0.15, -0.1) is 0 Å². The van der Waals surface area contributed by atoms with Gasteiger partial charge in [-0.05, 0) is 30.3 Å². The van der Waals surface area contributed by atoms with Gasteiger partial charge < -0.3 is 9.15 Å². The number of imide groups is 1. The Morgan fingerprint density at radius 3 is 2.12 bits per heavy atom. The van der Waals surface area contributed by atoms with E-state index in [1.807, 2.05) is 0 Å². The summed E-state index contributed by atoms with van der Waals surface area (Å²) in [5, 5.41) is 0. The molecule has 0 aliphatic carbocycles. The third kappa shape index (κ3) is 3.41. The van der Waals surface area contributed by atoms with E-state index in [1.54, 1.807) is 12.1 Å². The lowest BCUT2D eigenvalue weighted by Crippen LogP contribution is -2.28. The SMILES string of the molecule is O=C(OCc1c(F)c(F)c(F)c(F)c1F)c1ccc2c(c1)C(=O)N(Cc1ccco1)C2=O. The molecule has 1 aliphatic heterocycles. The summed E-state index contributed by atoms with van der Waals surface area (Å²) < 4.78 is 76.9. The van der Waals surface area contributed by atoms with Gasteiger partial charge in [-0.1, -0.05) is 0 Å². The van der Waals surface area contributed by atoms with E-state index in [9.17, 15) is 36.3 Å². The topological polar surface area (TPSA) is 76.8 Å². The number of benzene rings is 2. The molecule has 0 fully saturated rings. The van der Waals surface area contributed by atoms with Gasteiger partial charge in [-0.3, -0.25) is 14.5 Å². The van der Waals surface area contributed by atoms with Crippen LogP contribution in [-0.4, -0.2) is 22.7 Å². The molecule has 2 amide bonds. The van der Waals surface area contributed by atoms with E-state index < -0.39 is 59.0 Å². The van der Waals surface area contributed by atoms with Crippen molar-refractivity contribution in [2.24, 2.45) is 0 Å². The van der Waals surface area contributed by atoms with Crippen molar-refractivity contribution in [1.29, 1.82) is 0 Å². The molecule has 0 unspecified atom stereocenters. The second-order valence-corrected chi connectivity index (χ2v) is 6.66. The molecule has 3 aromatic rings. The van der Waals surface area contributed by atoms with Gasteiger partial charge in [0.2, 0.25) is 5.82 Å². The Kier molecular flexibility index (Phi) is 5.25. The Balaban J connectivity index is 1.54. The van der Waals surface area contributed by atoms with Crippen LogP contribution in [0.4, 0.5) is 22.0 Å². The Morgan fingerprint density at radius 1 is 0.875 bits per heavy atom. The number of nitrogens with zero attached hydrogens (tertiary/aromatic N) is 1. The molecular formula is C21H10F5NO5. The van der Waals surface area contributed by atoms with E-state index in [0.29, 0.717) is 5.76 Å². The number of carbonyl (C=O) groups excluding carboxylic acids is 3. The van der Waals surface area contributed by atoms with Crippen molar-refractivity contribution in [1.82, 2.24) is 4.90 Å². The number of halogens is 5. The van der Waals surface area contributed by atoms with Gasteiger partial charge in [-0.2, -0.15) is 0 Å². The molecule has 0 radical (unpaired) electrons. The molecule has 1 aliphatic rings. The zero-order valence-electron chi connectivity index (χ0n) is 15.8. The van der Waals surface area contributed by atoms with Gasteiger partial charge >= 0.3 is 5.97 Å². The number of fused-ring (bicyclic) bond motifs is 1. The molecule has 4 rings (SSSR count). The van der Waals surface area contributed by atoms with Gasteiger partial charge in [0.1, 0.15) is 12.4 Å². The normalized spacial score (nSPS) is 13.0. The molecule has 11 heteroatoms. The van der Waals surface area contributed by atoms with Crippen LogP contribution in [-0.2, 0) is 17.9 Å². The quantitative estimate of drug-likeness (QED) is 0.192. The predicted molar refractivity (Wildman–Crippen MR) is 94.7 cm³/mol. The largest absolute Gasteiger partial charge is 0.467 e. The fourth-order valence-corrected chi connectivity index (χ4v) is 3.12. The zero-order chi connectivity index (χ0) is 23.2. The van der Waals surface area contributed by atoms with Gasteiger partial charge in [0.05, 0.1) is 35.1 Å². The number of furan rings is 1. The van der Waals surface area contributed by atoms with Crippen molar-refractivity contribution in [3.05, 3.63) is 93.7 Å². The number of carbonyl (C=O) groups is 3. The van der Waals surface area contributed by atoms with Crippen LogP contribution in [0.25, 0.3) is 0 Å². The fourth-order valence-electron chi connectivity index (χ4n) is 3.12. The van der Waals surface area contributed by atoms with Crippen molar-refractivity contribution in [2.45, 2.75) is 13.2 Å². The van der Waals surface area contributed by atoms with Crippen molar-refractivity contribution in [2.75, 3.05) is 0 Å². The van der Waals surface area contributed by atoms with Crippen LogP contribution in [0.15, 0.2) is 41.0 Å². The minimum absolute atomic E-state index is 0.0119. The summed E-state index contributed by atoms with van der Waals surface area (Å²) in [6.45, 7) is -1.39. The number of esters is 1. The molecule has 6 nitrogen and oxygen atoms in total. The van der Waals surface area contributed by atoms with Gasteiger partial charge in [-0.25, -0.2) is 26.7 Å². The maximum absolute atomic E-state index is 13.7. The van der Waals surface area contributed by atoms with Gasteiger partial charge in [0.25, 0.3) is 11.8 Å². The van der Waals surface area contributed by atoms with E-state index in [1.165, 1.54) is 12.3 Å². The van der Waals surface area contributed by atoms with Gasteiger partial charge in [0, 0.05) is 0 Å². The average Bonchev–Trinajstić information content (AvgIpc) is 3.39. The molecule has 0 atom stereocenters. The monoisotopic (exact) mass is 451 g/mol. The lowest BCUT2D eigenvalue weighted by atomic mass is 10.1. The van der Waals surface area contributed by atoms with Crippen molar-refractivity contribution in [3.8, 4) is 0 Å². The van der Waals surface area contributed by atoms with E-state index in [2.05, 4.69) is 4.74 Å². The number of hydrogen-bond acceptors (Lipinski definition) is 5. The third-order valence-electron chi connectivity index (χ3n) is 4.75. The van der Waals surface area contributed by atoms with Crippen LogP contribution in [0, 0.1) is 29.1 Å². The van der Waals surface area contributed by atoms with E-state index in [-0.39, 0.29) is 23.2 Å². The Hall–Kier alpha value is -4.02. The highest BCUT2D eigenvalue weighted by Crippen LogP contribution is 2.27. The third-order valence-corrected chi connectivity index (χ3v) is 4.75. The highest BCUT2D eigenvalue weighted by molar-refractivity contribution is 6.21. The average molecular weight is 451 g/mol. The van der Waals surface area contributed by atoms with Crippen LogP contribution >= 0.6 is 0 Å². The van der Waals surface area contributed by atoms with Crippen molar-refractivity contribution in [3.63, 3.8) is 0 Å². The molecule has 164 valence electrons. The Morgan fingerprint density at radius 2 is 1.50 bits per heavy atom. The van der Waals surface area contributed by atoms with Crippen molar-refractivity contribution < 1.29 is 45.5 Å². The smallest absolute Gasteiger partial charge is 0.338 e. The maximum Gasteiger partial charge on any atom is 0.338 e. The van der Waals surface area contributed by atoms with E-state index in [0.717, 1.165) is 17.0 Å². The first-order valence-electron chi connectivity index (χ1n) is 8.90. The molecule has 32 heavy (non-hydrogen) atoms. The lowest BCUT2D eigenvalue weighted by Gasteiger charge is -2.11. The minimum Gasteiger partial charge on any atom is -0.467 e. The highest BCUT2D eigenvalue weighted by Gasteiger charge is 2.36. The van der Waals surface area contributed by atoms with Crippen LogP contribution < -0.4 is 0 Å². The summed E-state index contributed by atoms with van der Waals surface area (Å²) in [6.07, 6.45) is 1.37.